The van der Waals surface area contributed by atoms with E-state index in [2.05, 4.69) is 9.62 Å². The van der Waals surface area contributed by atoms with E-state index in [1.807, 2.05) is 0 Å². The molecule has 23 heavy (non-hydrogen) atoms. The van der Waals surface area contributed by atoms with Gasteiger partial charge < -0.3 is 4.90 Å². The predicted octanol–water partition coefficient (Wildman–Crippen LogP) is 1.74. The molecule has 0 spiro atoms. The molecule has 3 fully saturated rings. The molecule has 7 nitrogen and oxygen atoms in total. The summed E-state index contributed by atoms with van der Waals surface area (Å²) in [5.41, 5.74) is 0.432. The average Bonchev–Trinajstić information content (AvgIpc) is 3.04. The van der Waals surface area contributed by atoms with Gasteiger partial charge >= 0.3 is 0 Å². The number of nitro groups is 1. The molecule has 124 valence electrons. The van der Waals surface area contributed by atoms with Crippen molar-refractivity contribution in [2.24, 2.45) is 17.8 Å². The van der Waals surface area contributed by atoms with E-state index in [1.54, 1.807) is 6.07 Å². The Hall–Kier alpha value is -1.67. The maximum absolute atomic E-state index is 11.9. The number of nitrogens with one attached hydrogen (secondary N) is 1. The van der Waals surface area contributed by atoms with Crippen LogP contribution in [0.1, 0.15) is 19.3 Å². The first-order valence-corrected chi connectivity index (χ1v) is 9.39. The van der Waals surface area contributed by atoms with E-state index in [-0.39, 0.29) is 10.6 Å². The Bertz CT molecular complexity index is 777. The molecule has 0 aromatic heterocycles. The van der Waals surface area contributed by atoms with Gasteiger partial charge in [-0.15, -0.1) is 0 Å². The van der Waals surface area contributed by atoms with E-state index in [4.69, 9.17) is 0 Å². The number of hydrogen-bond acceptors (Lipinski definition) is 5. The highest BCUT2D eigenvalue weighted by molar-refractivity contribution is 7.89. The average molecular weight is 337 g/mol. The molecule has 4 atom stereocenters. The molecule has 1 aliphatic heterocycles. The molecule has 2 bridgehead atoms. The SMILES string of the molecule is CNS(=O)(=O)c1ccc(N2C[C@@H]3[C@H]4CC[C@@H](C4)[C@H]32)c([N+](=O)[O-])c1. The first kappa shape index (κ1) is 14.9. The van der Waals surface area contributed by atoms with Crippen LogP contribution in [0, 0.1) is 27.9 Å². The molecule has 1 heterocycles. The van der Waals surface area contributed by atoms with Gasteiger partial charge in [-0.2, -0.15) is 0 Å². The second-order valence-electron chi connectivity index (χ2n) is 6.76. The zero-order chi connectivity index (χ0) is 16.4. The van der Waals surface area contributed by atoms with Crippen molar-refractivity contribution < 1.29 is 13.3 Å². The molecule has 1 saturated heterocycles. The lowest BCUT2D eigenvalue weighted by Crippen LogP contribution is -2.59. The topological polar surface area (TPSA) is 92.6 Å². The van der Waals surface area contributed by atoms with Crippen molar-refractivity contribution in [1.82, 2.24) is 4.72 Å². The minimum absolute atomic E-state index is 0.0690. The van der Waals surface area contributed by atoms with Crippen LogP contribution in [0.15, 0.2) is 23.1 Å². The van der Waals surface area contributed by atoms with Gasteiger partial charge in [0.25, 0.3) is 5.69 Å². The highest BCUT2D eigenvalue weighted by Crippen LogP contribution is 2.57. The van der Waals surface area contributed by atoms with Crippen LogP contribution in [-0.2, 0) is 10.0 Å². The third-order valence-electron chi connectivity index (χ3n) is 5.84. The Labute approximate surface area is 134 Å². The number of hydrogen-bond donors (Lipinski definition) is 1. The van der Waals surface area contributed by atoms with Gasteiger partial charge in [0.05, 0.1) is 9.82 Å². The second kappa shape index (κ2) is 4.91. The van der Waals surface area contributed by atoms with E-state index in [9.17, 15) is 18.5 Å². The Balaban J connectivity index is 1.71. The second-order valence-corrected chi connectivity index (χ2v) is 8.64. The number of nitro benzene ring substituents is 1. The van der Waals surface area contributed by atoms with E-state index in [0.717, 1.165) is 12.5 Å². The van der Waals surface area contributed by atoms with Crippen molar-refractivity contribution in [2.45, 2.75) is 30.2 Å². The summed E-state index contributed by atoms with van der Waals surface area (Å²) in [4.78, 5) is 13.0. The Morgan fingerprint density at radius 1 is 1.30 bits per heavy atom. The van der Waals surface area contributed by atoms with Crippen molar-refractivity contribution in [2.75, 3.05) is 18.5 Å². The van der Waals surface area contributed by atoms with Crippen LogP contribution in [0.5, 0.6) is 0 Å². The fourth-order valence-electron chi connectivity index (χ4n) is 4.77. The normalized spacial score (nSPS) is 31.8. The molecule has 3 aliphatic rings. The molecule has 4 rings (SSSR count). The Morgan fingerprint density at radius 3 is 2.70 bits per heavy atom. The predicted molar refractivity (Wildman–Crippen MR) is 84.8 cm³/mol. The van der Waals surface area contributed by atoms with Crippen LogP contribution in [0.4, 0.5) is 11.4 Å². The molecule has 1 aromatic carbocycles. The number of nitrogens with zero attached hydrogens (tertiary/aromatic N) is 2. The molecular weight excluding hydrogens is 318 g/mol. The van der Waals surface area contributed by atoms with Crippen LogP contribution in [0.3, 0.4) is 0 Å². The van der Waals surface area contributed by atoms with Gasteiger partial charge in [0.2, 0.25) is 10.0 Å². The van der Waals surface area contributed by atoms with Crippen LogP contribution in [0.2, 0.25) is 0 Å². The lowest BCUT2D eigenvalue weighted by Gasteiger charge is -2.51. The van der Waals surface area contributed by atoms with Gasteiger partial charge in [-0.25, -0.2) is 13.1 Å². The van der Waals surface area contributed by atoms with Crippen LogP contribution < -0.4 is 9.62 Å². The quantitative estimate of drug-likeness (QED) is 0.667. The molecule has 2 aliphatic carbocycles. The molecule has 1 aromatic rings. The van der Waals surface area contributed by atoms with Crippen molar-refractivity contribution in [1.29, 1.82) is 0 Å². The first-order valence-electron chi connectivity index (χ1n) is 7.91. The molecular formula is C15H19N3O4S. The van der Waals surface area contributed by atoms with Gasteiger partial charge in [0.1, 0.15) is 5.69 Å². The number of anilines is 1. The highest BCUT2D eigenvalue weighted by Gasteiger charge is 2.57. The standard InChI is InChI=1S/C15H19N3O4S/c1-16-23(21,22)11-4-5-13(14(7-11)18(19)20)17-8-12-9-2-3-10(6-9)15(12)17/h4-5,7,9-10,12,15-16H,2-3,6,8H2,1H3/t9-,10-,12+,15+/m0/s1. The van der Waals surface area contributed by atoms with E-state index >= 15 is 0 Å². The van der Waals surface area contributed by atoms with Gasteiger partial charge in [0, 0.05) is 18.7 Å². The van der Waals surface area contributed by atoms with Crippen molar-refractivity contribution in [3.63, 3.8) is 0 Å². The maximum atomic E-state index is 11.9. The number of fused-ring (bicyclic) bond motifs is 5. The van der Waals surface area contributed by atoms with Crippen LogP contribution in [0.25, 0.3) is 0 Å². The molecule has 0 amide bonds. The lowest BCUT2D eigenvalue weighted by molar-refractivity contribution is -0.384. The number of sulfonamides is 1. The van der Waals surface area contributed by atoms with E-state index in [1.165, 1.54) is 38.4 Å². The molecule has 2 saturated carbocycles. The molecule has 8 heteroatoms. The summed E-state index contributed by atoms with van der Waals surface area (Å²) in [7, 11) is -2.39. The van der Waals surface area contributed by atoms with Gasteiger partial charge in [-0.3, -0.25) is 10.1 Å². The minimum Gasteiger partial charge on any atom is -0.362 e. The van der Waals surface area contributed by atoms with Gasteiger partial charge in [-0.05, 0) is 56.2 Å². The molecule has 1 N–H and O–H groups in total. The van der Waals surface area contributed by atoms with Crippen molar-refractivity contribution in [3.05, 3.63) is 28.3 Å². The summed E-state index contributed by atoms with van der Waals surface area (Å²) in [5, 5.41) is 11.4. The zero-order valence-electron chi connectivity index (χ0n) is 12.8. The van der Waals surface area contributed by atoms with Crippen molar-refractivity contribution in [3.8, 4) is 0 Å². The number of benzene rings is 1. The summed E-state index contributed by atoms with van der Waals surface area (Å²) in [6, 6.07) is 4.61. The van der Waals surface area contributed by atoms with E-state index in [0.29, 0.717) is 23.6 Å². The molecule has 0 unspecified atom stereocenters. The van der Waals surface area contributed by atoms with Crippen molar-refractivity contribution >= 4 is 21.4 Å². The highest BCUT2D eigenvalue weighted by atomic mass is 32.2. The molecule has 0 radical (unpaired) electrons. The zero-order valence-corrected chi connectivity index (χ0v) is 13.6. The maximum Gasteiger partial charge on any atom is 0.293 e. The fourth-order valence-corrected chi connectivity index (χ4v) is 5.52. The largest absolute Gasteiger partial charge is 0.362 e. The Kier molecular flexibility index (Phi) is 3.18. The summed E-state index contributed by atoms with van der Waals surface area (Å²) in [6.45, 7) is 0.852. The Morgan fingerprint density at radius 2 is 2.04 bits per heavy atom. The van der Waals surface area contributed by atoms with Crippen LogP contribution in [-0.4, -0.2) is 33.0 Å². The lowest BCUT2D eigenvalue weighted by atomic mass is 9.76. The third kappa shape index (κ3) is 2.08. The summed E-state index contributed by atoms with van der Waals surface area (Å²) in [5.74, 6) is 2.08. The summed E-state index contributed by atoms with van der Waals surface area (Å²) >= 11 is 0. The fraction of sp³-hybridized carbons (Fsp3) is 0.600. The smallest absolute Gasteiger partial charge is 0.293 e. The van der Waals surface area contributed by atoms with Gasteiger partial charge in [0.15, 0.2) is 0 Å². The first-order chi connectivity index (χ1) is 10.9. The van der Waals surface area contributed by atoms with Crippen LogP contribution >= 0.6 is 0 Å². The summed E-state index contributed by atoms with van der Waals surface area (Å²) < 4.78 is 26.0. The summed E-state index contributed by atoms with van der Waals surface area (Å²) in [6.07, 6.45) is 3.75. The minimum atomic E-state index is -3.68. The third-order valence-corrected chi connectivity index (χ3v) is 7.25. The van der Waals surface area contributed by atoms with E-state index < -0.39 is 14.9 Å². The number of rotatable bonds is 4. The van der Waals surface area contributed by atoms with Gasteiger partial charge in [-0.1, -0.05) is 0 Å². The monoisotopic (exact) mass is 337 g/mol.